The van der Waals surface area contributed by atoms with Gasteiger partial charge in [0.05, 0.1) is 11.3 Å². The molecule has 1 fully saturated rings. The molecule has 1 aromatic rings. The van der Waals surface area contributed by atoms with Gasteiger partial charge in [-0.2, -0.15) is 5.10 Å². The predicted molar refractivity (Wildman–Crippen MR) is 70.5 cm³/mol. The first-order valence-electron chi connectivity index (χ1n) is 6.63. The molecular weight excluding hydrogens is 228 g/mol. The highest BCUT2D eigenvalue weighted by atomic mass is 16.1. The summed E-state index contributed by atoms with van der Waals surface area (Å²) in [6.07, 6.45) is 2.86. The number of nitrogens with zero attached hydrogens (tertiary/aromatic N) is 2. The van der Waals surface area contributed by atoms with Crippen LogP contribution in [-0.4, -0.2) is 27.8 Å². The zero-order valence-corrected chi connectivity index (χ0v) is 11.4. The highest BCUT2D eigenvalue weighted by molar-refractivity contribution is 5.96. The molecule has 3 N–H and O–H groups in total. The van der Waals surface area contributed by atoms with E-state index >= 15 is 0 Å². The molecular formula is C13H22N4O. The number of carbonyl (C=O) groups is 1. The van der Waals surface area contributed by atoms with Crippen molar-refractivity contribution >= 4 is 5.91 Å². The van der Waals surface area contributed by atoms with Gasteiger partial charge in [-0.1, -0.05) is 0 Å². The molecule has 1 saturated carbocycles. The van der Waals surface area contributed by atoms with Crippen LogP contribution in [-0.2, 0) is 6.54 Å². The summed E-state index contributed by atoms with van der Waals surface area (Å²) >= 11 is 0. The Bertz CT molecular complexity index is 452. The minimum atomic E-state index is -0.0104. The first kappa shape index (κ1) is 13.1. The van der Waals surface area contributed by atoms with Crippen molar-refractivity contribution in [2.24, 2.45) is 5.73 Å². The number of aromatic nitrogens is 2. The maximum Gasteiger partial charge on any atom is 0.255 e. The Labute approximate surface area is 108 Å². The number of carbonyl (C=O) groups excluding carboxylic acids is 1. The third kappa shape index (κ3) is 2.41. The van der Waals surface area contributed by atoms with E-state index in [1.807, 2.05) is 25.5 Å². The largest absolute Gasteiger partial charge is 0.349 e. The molecule has 5 heteroatoms. The van der Waals surface area contributed by atoms with Gasteiger partial charge in [-0.15, -0.1) is 0 Å². The van der Waals surface area contributed by atoms with Gasteiger partial charge in [-0.05, 0) is 40.0 Å². The molecule has 0 saturated heterocycles. The van der Waals surface area contributed by atoms with Gasteiger partial charge in [0.1, 0.15) is 0 Å². The number of rotatable bonds is 3. The molecule has 1 aliphatic rings. The predicted octanol–water partition coefficient (Wildman–Crippen LogP) is 1.13. The van der Waals surface area contributed by atoms with Crippen LogP contribution in [0.15, 0.2) is 0 Å². The van der Waals surface area contributed by atoms with Gasteiger partial charge >= 0.3 is 0 Å². The average molecular weight is 250 g/mol. The van der Waals surface area contributed by atoms with Gasteiger partial charge in [0.2, 0.25) is 0 Å². The summed E-state index contributed by atoms with van der Waals surface area (Å²) in [5.74, 6) is -0.0104. The quantitative estimate of drug-likeness (QED) is 0.844. The van der Waals surface area contributed by atoms with E-state index in [0.29, 0.717) is 0 Å². The molecule has 18 heavy (non-hydrogen) atoms. The van der Waals surface area contributed by atoms with Gasteiger partial charge < -0.3 is 11.1 Å². The van der Waals surface area contributed by atoms with E-state index < -0.39 is 0 Å². The zero-order valence-electron chi connectivity index (χ0n) is 11.4. The maximum atomic E-state index is 12.3. The van der Waals surface area contributed by atoms with Gasteiger partial charge in [0.25, 0.3) is 5.91 Å². The highest BCUT2D eigenvalue weighted by Crippen LogP contribution is 2.19. The van der Waals surface area contributed by atoms with E-state index in [9.17, 15) is 4.79 Å². The summed E-state index contributed by atoms with van der Waals surface area (Å²) in [6.45, 7) is 6.64. The van der Waals surface area contributed by atoms with Crippen molar-refractivity contribution in [3.8, 4) is 0 Å². The van der Waals surface area contributed by atoms with Crippen LogP contribution in [0.5, 0.6) is 0 Å². The lowest BCUT2D eigenvalue weighted by Gasteiger charge is -2.12. The summed E-state index contributed by atoms with van der Waals surface area (Å²) in [7, 11) is 0. The molecule has 1 amide bonds. The molecule has 0 bridgehead atoms. The summed E-state index contributed by atoms with van der Waals surface area (Å²) < 4.78 is 1.87. The van der Waals surface area contributed by atoms with E-state index in [4.69, 9.17) is 5.73 Å². The molecule has 1 aliphatic carbocycles. The van der Waals surface area contributed by atoms with Crippen molar-refractivity contribution in [3.05, 3.63) is 17.0 Å². The fourth-order valence-corrected chi connectivity index (χ4v) is 2.74. The lowest BCUT2D eigenvalue weighted by Crippen LogP contribution is -2.34. The lowest BCUT2D eigenvalue weighted by molar-refractivity contribution is 0.0936. The van der Waals surface area contributed by atoms with E-state index in [2.05, 4.69) is 10.4 Å². The number of aryl methyl sites for hydroxylation is 2. The van der Waals surface area contributed by atoms with Crippen LogP contribution in [0.3, 0.4) is 0 Å². The standard InChI is InChI=1S/C13H22N4O/c1-4-17-9(3)12(8(2)16-17)13(18)15-11-6-5-10(14)7-11/h10-11H,4-7,14H2,1-3H3,(H,15,18)/t10-,11-/m1/s1. The van der Waals surface area contributed by atoms with E-state index in [0.717, 1.165) is 42.8 Å². The Kier molecular flexibility index (Phi) is 3.71. The number of nitrogens with one attached hydrogen (secondary N) is 1. The van der Waals surface area contributed by atoms with Crippen molar-refractivity contribution in [1.82, 2.24) is 15.1 Å². The summed E-state index contributed by atoms with van der Waals surface area (Å²) in [5.41, 5.74) is 8.32. The van der Waals surface area contributed by atoms with Crippen LogP contribution in [0, 0.1) is 13.8 Å². The molecule has 1 aromatic heterocycles. The molecule has 0 unspecified atom stereocenters. The third-order valence-electron chi connectivity index (χ3n) is 3.72. The number of nitrogens with two attached hydrogens (primary N) is 1. The number of hydrogen-bond donors (Lipinski definition) is 2. The first-order chi connectivity index (χ1) is 8.52. The van der Waals surface area contributed by atoms with Crippen molar-refractivity contribution in [2.75, 3.05) is 0 Å². The molecule has 0 radical (unpaired) electrons. The topological polar surface area (TPSA) is 72.9 Å². The Morgan fingerprint density at radius 2 is 2.22 bits per heavy atom. The summed E-state index contributed by atoms with van der Waals surface area (Å²) in [4.78, 5) is 12.3. The Hall–Kier alpha value is -1.36. The molecule has 0 aliphatic heterocycles. The van der Waals surface area contributed by atoms with Gasteiger partial charge in [0.15, 0.2) is 0 Å². The maximum absolute atomic E-state index is 12.3. The fourth-order valence-electron chi connectivity index (χ4n) is 2.74. The normalized spacial score (nSPS) is 23.3. The summed E-state index contributed by atoms with van der Waals surface area (Å²) in [5, 5.41) is 7.44. The van der Waals surface area contributed by atoms with Crippen LogP contribution in [0.2, 0.25) is 0 Å². The van der Waals surface area contributed by atoms with E-state index in [1.165, 1.54) is 0 Å². The minimum absolute atomic E-state index is 0.0104. The first-order valence-corrected chi connectivity index (χ1v) is 6.63. The minimum Gasteiger partial charge on any atom is -0.349 e. The van der Waals surface area contributed by atoms with Crippen molar-refractivity contribution in [2.45, 2.75) is 58.7 Å². The van der Waals surface area contributed by atoms with Crippen LogP contribution >= 0.6 is 0 Å². The second-order valence-corrected chi connectivity index (χ2v) is 5.11. The van der Waals surface area contributed by atoms with Crippen LogP contribution in [0.4, 0.5) is 0 Å². The second kappa shape index (κ2) is 5.10. The molecule has 5 nitrogen and oxygen atoms in total. The Morgan fingerprint density at radius 1 is 1.50 bits per heavy atom. The second-order valence-electron chi connectivity index (χ2n) is 5.11. The fraction of sp³-hybridized carbons (Fsp3) is 0.692. The highest BCUT2D eigenvalue weighted by Gasteiger charge is 2.25. The third-order valence-corrected chi connectivity index (χ3v) is 3.72. The monoisotopic (exact) mass is 250 g/mol. The van der Waals surface area contributed by atoms with E-state index in [-0.39, 0.29) is 18.0 Å². The molecule has 1 heterocycles. The molecule has 0 aromatic carbocycles. The van der Waals surface area contributed by atoms with Crippen LogP contribution in [0.1, 0.15) is 47.9 Å². The van der Waals surface area contributed by atoms with Gasteiger partial charge in [-0.3, -0.25) is 9.48 Å². The van der Waals surface area contributed by atoms with Crippen LogP contribution in [0.25, 0.3) is 0 Å². The number of amides is 1. The van der Waals surface area contributed by atoms with Crippen molar-refractivity contribution in [3.63, 3.8) is 0 Å². The van der Waals surface area contributed by atoms with Crippen molar-refractivity contribution in [1.29, 1.82) is 0 Å². The zero-order chi connectivity index (χ0) is 13.3. The van der Waals surface area contributed by atoms with E-state index in [1.54, 1.807) is 0 Å². The van der Waals surface area contributed by atoms with Crippen molar-refractivity contribution < 1.29 is 4.79 Å². The number of hydrogen-bond acceptors (Lipinski definition) is 3. The smallest absolute Gasteiger partial charge is 0.255 e. The average Bonchev–Trinajstić information content (AvgIpc) is 2.83. The molecule has 2 rings (SSSR count). The van der Waals surface area contributed by atoms with Crippen LogP contribution < -0.4 is 11.1 Å². The van der Waals surface area contributed by atoms with Gasteiger partial charge in [0, 0.05) is 24.3 Å². The molecule has 2 atom stereocenters. The van der Waals surface area contributed by atoms with Gasteiger partial charge in [-0.25, -0.2) is 0 Å². The Morgan fingerprint density at radius 3 is 2.72 bits per heavy atom. The SMILES string of the molecule is CCn1nc(C)c(C(=O)N[C@@H]2CC[C@@H](N)C2)c1C. The Balaban J connectivity index is 2.11. The lowest BCUT2D eigenvalue weighted by atomic mass is 10.1. The molecule has 100 valence electrons. The molecule has 0 spiro atoms. The summed E-state index contributed by atoms with van der Waals surface area (Å²) in [6, 6.07) is 0.451.